The summed E-state index contributed by atoms with van der Waals surface area (Å²) in [4.78, 5) is 12.8. The van der Waals surface area contributed by atoms with Gasteiger partial charge in [0.05, 0.1) is 10.9 Å². The Labute approximate surface area is 207 Å². The Morgan fingerprint density at radius 3 is 2.31 bits per heavy atom. The van der Waals surface area contributed by atoms with Crippen LogP contribution in [0.4, 0.5) is 5.69 Å². The first-order valence-corrected chi connectivity index (χ1v) is 13.5. The van der Waals surface area contributed by atoms with E-state index in [-0.39, 0.29) is 10.3 Å². The van der Waals surface area contributed by atoms with Gasteiger partial charge in [-0.3, -0.25) is 4.79 Å². The molecule has 0 fully saturated rings. The average Bonchev–Trinajstić information content (AvgIpc) is 3.06. The highest BCUT2D eigenvalue weighted by Gasteiger charge is 2.23. The molecule has 0 bridgehead atoms. The summed E-state index contributed by atoms with van der Waals surface area (Å²) >= 11 is 0. The monoisotopic (exact) mass is 495 g/mol. The van der Waals surface area contributed by atoms with E-state index in [0.29, 0.717) is 5.69 Å². The molecule has 0 spiro atoms. The average molecular weight is 496 g/mol. The van der Waals surface area contributed by atoms with Crippen LogP contribution in [-0.2, 0) is 33.2 Å². The highest BCUT2D eigenvalue weighted by molar-refractivity contribution is 7.89. The van der Waals surface area contributed by atoms with Gasteiger partial charge in [0.15, 0.2) is 5.82 Å². The molecule has 0 saturated heterocycles. The fourth-order valence-corrected chi connectivity index (χ4v) is 5.34. The number of benzene rings is 2. The number of nitrogens with one attached hydrogen (secondary N) is 2. The summed E-state index contributed by atoms with van der Waals surface area (Å²) in [5.74, 6) is 1.41. The van der Waals surface area contributed by atoms with Gasteiger partial charge >= 0.3 is 0 Å². The number of hydrogen-bond acceptors (Lipinski definition) is 5. The van der Waals surface area contributed by atoms with Crippen molar-refractivity contribution >= 4 is 21.6 Å². The zero-order valence-electron chi connectivity index (χ0n) is 20.7. The number of carbonyl (C=O) groups excluding carboxylic acids is 1. The molecular formula is C26H33N5O3S. The van der Waals surface area contributed by atoms with Crippen molar-refractivity contribution in [3.63, 3.8) is 0 Å². The minimum Gasteiger partial charge on any atom is -0.325 e. The Balaban J connectivity index is 1.40. The molecule has 3 aromatic rings. The molecule has 1 aromatic heterocycles. The van der Waals surface area contributed by atoms with E-state index in [9.17, 15) is 13.2 Å². The van der Waals surface area contributed by atoms with E-state index < -0.39 is 22.0 Å². The van der Waals surface area contributed by atoms with Crippen molar-refractivity contribution in [3.8, 4) is 11.4 Å². The van der Waals surface area contributed by atoms with Crippen LogP contribution in [0.2, 0.25) is 0 Å². The topological polar surface area (TPSA) is 106 Å². The Bertz CT molecular complexity index is 1290. The van der Waals surface area contributed by atoms with Crippen molar-refractivity contribution in [1.82, 2.24) is 19.5 Å². The summed E-state index contributed by atoms with van der Waals surface area (Å²) in [5, 5.41) is 11.5. The van der Waals surface area contributed by atoms with E-state index >= 15 is 0 Å². The third-order valence-electron chi connectivity index (χ3n) is 6.28. The van der Waals surface area contributed by atoms with Crippen LogP contribution in [0, 0.1) is 0 Å². The molecule has 0 saturated carbocycles. The summed E-state index contributed by atoms with van der Waals surface area (Å²) in [5.41, 5.74) is 2.46. The van der Waals surface area contributed by atoms with E-state index in [1.807, 2.05) is 12.1 Å². The van der Waals surface area contributed by atoms with Gasteiger partial charge in [-0.2, -0.15) is 4.72 Å². The normalized spacial score (nSPS) is 15.2. The Morgan fingerprint density at radius 1 is 0.971 bits per heavy atom. The molecule has 2 N–H and O–H groups in total. The maximum atomic E-state index is 12.8. The lowest BCUT2D eigenvalue weighted by atomic mass is 9.87. The predicted octanol–water partition coefficient (Wildman–Crippen LogP) is 4.27. The summed E-state index contributed by atoms with van der Waals surface area (Å²) in [6, 6.07) is 13.1. The number of aromatic nitrogens is 3. The summed E-state index contributed by atoms with van der Waals surface area (Å²) in [6.45, 7) is 8.63. The van der Waals surface area contributed by atoms with Crippen LogP contribution in [0.25, 0.3) is 11.4 Å². The highest BCUT2D eigenvalue weighted by Crippen LogP contribution is 2.25. The van der Waals surface area contributed by atoms with Crippen molar-refractivity contribution in [1.29, 1.82) is 0 Å². The molecule has 35 heavy (non-hydrogen) atoms. The molecular weight excluding hydrogens is 462 g/mol. The number of amides is 1. The molecule has 9 heteroatoms. The number of aryl methyl sites for hydroxylation is 1. The van der Waals surface area contributed by atoms with Crippen LogP contribution in [0.15, 0.2) is 53.4 Å². The highest BCUT2D eigenvalue weighted by atomic mass is 32.2. The van der Waals surface area contributed by atoms with Crippen molar-refractivity contribution < 1.29 is 13.2 Å². The molecule has 186 valence electrons. The molecule has 1 unspecified atom stereocenters. The lowest BCUT2D eigenvalue weighted by molar-refractivity contribution is -0.117. The summed E-state index contributed by atoms with van der Waals surface area (Å²) in [6.07, 6.45) is 4.38. The van der Waals surface area contributed by atoms with Crippen LogP contribution in [-0.4, -0.2) is 35.1 Å². The molecule has 1 aliphatic heterocycles. The summed E-state index contributed by atoms with van der Waals surface area (Å²) in [7, 11) is -3.84. The second-order valence-electron chi connectivity index (χ2n) is 10.1. The molecule has 2 aromatic carbocycles. The van der Waals surface area contributed by atoms with Gasteiger partial charge in [0.2, 0.25) is 15.9 Å². The standard InChI is InChI=1S/C26H33N5O3S/c1-18(30-35(33,34)22-15-11-20(12-16-22)26(2,3)4)25(32)27-21-13-9-19(10-14-21)24-29-28-23-8-6-5-7-17-31(23)24/h9-16,18,30H,5-8,17H2,1-4H3,(H,27,32). The molecule has 1 amide bonds. The van der Waals surface area contributed by atoms with Gasteiger partial charge in [-0.25, -0.2) is 8.42 Å². The largest absolute Gasteiger partial charge is 0.325 e. The molecule has 1 atom stereocenters. The van der Waals surface area contributed by atoms with Crippen molar-refractivity contribution in [2.45, 2.75) is 76.3 Å². The zero-order chi connectivity index (χ0) is 25.2. The summed E-state index contributed by atoms with van der Waals surface area (Å²) < 4.78 is 30.2. The van der Waals surface area contributed by atoms with Gasteiger partial charge < -0.3 is 9.88 Å². The number of sulfonamides is 1. The Morgan fingerprint density at radius 2 is 1.66 bits per heavy atom. The third kappa shape index (κ3) is 5.79. The number of hydrogen-bond donors (Lipinski definition) is 2. The smallest absolute Gasteiger partial charge is 0.242 e. The van der Waals surface area contributed by atoms with E-state index in [4.69, 9.17) is 0 Å². The number of rotatable bonds is 6. The molecule has 0 radical (unpaired) electrons. The van der Waals surface area contributed by atoms with Crippen molar-refractivity contribution in [3.05, 3.63) is 59.9 Å². The van der Waals surface area contributed by atoms with Gasteiger partial charge in [-0.15, -0.1) is 10.2 Å². The maximum Gasteiger partial charge on any atom is 0.242 e. The lowest BCUT2D eigenvalue weighted by Crippen LogP contribution is -2.41. The Hall–Kier alpha value is -3.04. The maximum absolute atomic E-state index is 12.8. The zero-order valence-corrected chi connectivity index (χ0v) is 21.5. The molecule has 0 aliphatic carbocycles. The first-order valence-electron chi connectivity index (χ1n) is 12.0. The first kappa shape index (κ1) is 25.1. The minimum absolute atomic E-state index is 0.0782. The predicted molar refractivity (Wildman–Crippen MR) is 137 cm³/mol. The van der Waals surface area contributed by atoms with Gasteiger partial charge in [-0.05, 0) is 67.1 Å². The van der Waals surface area contributed by atoms with Gasteiger partial charge in [-0.1, -0.05) is 39.3 Å². The second kappa shape index (κ2) is 9.91. The van der Waals surface area contributed by atoms with E-state index in [1.165, 1.54) is 13.3 Å². The quantitative estimate of drug-likeness (QED) is 0.531. The Kier molecular flexibility index (Phi) is 7.10. The molecule has 2 heterocycles. The fraction of sp³-hybridized carbons (Fsp3) is 0.423. The third-order valence-corrected chi connectivity index (χ3v) is 7.83. The van der Waals surface area contributed by atoms with Crippen LogP contribution in [0.5, 0.6) is 0 Å². The van der Waals surface area contributed by atoms with Crippen LogP contribution >= 0.6 is 0 Å². The number of fused-ring (bicyclic) bond motifs is 1. The van der Waals surface area contributed by atoms with Crippen molar-refractivity contribution in [2.75, 3.05) is 5.32 Å². The van der Waals surface area contributed by atoms with E-state index in [2.05, 4.69) is 45.6 Å². The number of carbonyl (C=O) groups is 1. The van der Waals surface area contributed by atoms with Gasteiger partial charge in [0.1, 0.15) is 5.82 Å². The van der Waals surface area contributed by atoms with Crippen molar-refractivity contribution in [2.24, 2.45) is 0 Å². The SMILES string of the molecule is CC(NS(=O)(=O)c1ccc(C(C)(C)C)cc1)C(=O)Nc1ccc(-c2nnc3n2CCCCC3)cc1. The van der Waals surface area contributed by atoms with Crippen LogP contribution in [0.1, 0.15) is 58.3 Å². The molecule has 8 nitrogen and oxygen atoms in total. The van der Waals surface area contributed by atoms with Gasteiger partial charge in [0, 0.05) is 24.2 Å². The van der Waals surface area contributed by atoms with E-state index in [0.717, 1.165) is 48.6 Å². The molecule has 1 aliphatic rings. The number of nitrogens with zero attached hydrogens (tertiary/aromatic N) is 3. The number of anilines is 1. The molecule has 4 rings (SSSR count). The fourth-order valence-electron chi connectivity index (χ4n) is 4.14. The van der Waals surface area contributed by atoms with E-state index in [1.54, 1.807) is 36.4 Å². The van der Waals surface area contributed by atoms with Crippen LogP contribution < -0.4 is 10.0 Å². The lowest BCUT2D eigenvalue weighted by Gasteiger charge is -2.19. The van der Waals surface area contributed by atoms with Crippen LogP contribution in [0.3, 0.4) is 0 Å². The van der Waals surface area contributed by atoms with Gasteiger partial charge in [0.25, 0.3) is 0 Å². The second-order valence-corrected chi connectivity index (χ2v) is 11.8. The minimum atomic E-state index is -3.84. The first-order chi connectivity index (χ1) is 16.5.